The van der Waals surface area contributed by atoms with Crippen LogP contribution in [0, 0.1) is 0 Å². The Balaban J connectivity index is 1.50. The Morgan fingerprint density at radius 1 is 1.36 bits per heavy atom. The molecule has 1 aromatic heterocycles. The Kier molecular flexibility index (Phi) is 5.02. The van der Waals surface area contributed by atoms with E-state index in [1.165, 1.54) is 0 Å². The van der Waals surface area contributed by atoms with Crippen molar-refractivity contribution in [2.75, 3.05) is 18.6 Å². The van der Waals surface area contributed by atoms with Crippen LogP contribution < -0.4 is 15.0 Å². The van der Waals surface area contributed by atoms with Crippen LogP contribution in [0.2, 0.25) is 0 Å². The molecule has 2 aromatic rings. The Bertz CT molecular complexity index is 754. The summed E-state index contributed by atoms with van der Waals surface area (Å²) in [6, 6.07) is 7.18. The number of nitrogens with zero attached hydrogens (tertiary/aromatic N) is 3. The fourth-order valence-corrected chi connectivity index (χ4v) is 2.93. The number of carbonyl (C=O) groups is 2. The summed E-state index contributed by atoms with van der Waals surface area (Å²) in [7, 11) is 3.43. The van der Waals surface area contributed by atoms with Gasteiger partial charge in [0.2, 0.25) is 11.8 Å². The van der Waals surface area contributed by atoms with Gasteiger partial charge in [-0.2, -0.15) is 5.10 Å². The number of amides is 2. The molecule has 7 nitrogen and oxygen atoms in total. The van der Waals surface area contributed by atoms with Gasteiger partial charge in [0.15, 0.2) is 0 Å². The summed E-state index contributed by atoms with van der Waals surface area (Å²) in [6.07, 6.45) is 5.05. The summed E-state index contributed by atoms with van der Waals surface area (Å²) < 4.78 is 6.77. The Morgan fingerprint density at radius 3 is 2.76 bits per heavy atom. The lowest BCUT2D eigenvalue weighted by Gasteiger charge is -2.15. The smallest absolute Gasteiger partial charge is 0.249 e. The molecule has 2 amide bonds. The lowest BCUT2D eigenvalue weighted by molar-refractivity contribution is -0.126. The summed E-state index contributed by atoms with van der Waals surface area (Å²) >= 11 is 0. The van der Waals surface area contributed by atoms with Gasteiger partial charge in [0.05, 0.1) is 19.0 Å². The molecule has 0 bridgehead atoms. The summed E-state index contributed by atoms with van der Waals surface area (Å²) in [5, 5.41) is 6.93. The summed E-state index contributed by atoms with van der Waals surface area (Å²) in [6.45, 7) is 0.591. The second kappa shape index (κ2) is 7.38. The van der Waals surface area contributed by atoms with Crippen molar-refractivity contribution < 1.29 is 14.3 Å². The minimum atomic E-state index is -0.455. The number of aromatic nitrogens is 2. The molecule has 1 unspecified atom stereocenters. The first-order valence-corrected chi connectivity index (χ1v) is 8.29. The number of hydrogen-bond donors (Lipinski definition) is 1. The van der Waals surface area contributed by atoms with Gasteiger partial charge in [0.25, 0.3) is 0 Å². The number of anilines is 1. The third-order valence-corrected chi connectivity index (χ3v) is 4.34. The molecule has 1 aliphatic rings. The molecule has 3 rings (SSSR count). The van der Waals surface area contributed by atoms with Crippen LogP contribution in [0.4, 0.5) is 5.69 Å². The minimum Gasteiger partial charge on any atom is -0.497 e. The van der Waals surface area contributed by atoms with E-state index >= 15 is 0 Å². The molecule has 25 heavy (non-hydrogen) atoms. The number of rotatable bonds is 6. The predicted octanol–water partition coefficient (Wildman–Crippen LogP) is 1.28. The number of hydrogen-bond acceptors (Lipinski definition) is 4. The highest BCUT2D eigenvalue weighted by molar-refractivity contribution is 6.01. The lowest BCUT2D eigenvalue weighted by atomic mass is 10.1. The molecular weight excluding hydrogens is 320 g/mol. The first kappa shape index (κ1) is 17.0. The first-order valence-electron chi connectivity index (χ1n) is 8.29. The Labute approximate surface area is 146 Å². The zero-order valence-corrected chi connectivity index (χ0v) is 14.4. The van der Waals surface area contributed by atoms with Crippen LogP contribution in [0.3, 0.4) is 0 Å². The number of aryl methyl sites for hydroxylation is 2. The SMILES string of the molecule is COc1ccc(CCC(=O)NC2CCN(c3cnn(C)c3)C2=O)cc1. The average molecular weight is 342 g/mol. The second-order valence-electron chi connectivity index (χ2n) is 6.12. The van der Waals surface area contributed by atoms with Crippen LogP contribution in [0.1, 0.15) is 18.4 Å². The minimum absolute atomic E-state index is 0.0780. The first-order chi connectivity index (χ1) is 12.1. The summed E-state index contributed by atoms with van der Waals surface area (Å²) in [5.74, 6) is 0.605. The van der Waals surface area contributed by atoms with E-state index in [0.717, 1.165) is 17.0 Å². The molecule has 0 radical (unpaired) electrons. The van der Waals surface area contributed by atoms with Crippen molar-refractivity contribution in [3.05, 3.63) is 42.2 Å². The van der Waals surface area contributed by atoms with Gasteiger partial charge in [-0.3, -0.25) is 14.3 Å². The maximum absolute atomic E-state index is 12.5. The second-order valence-corrected chi connectivity index (χ2v) is 6.12. The topological polar surface area (TPSA) is 76.5 Å². The van der Waals surface area contributed by atoms with E-state index in [4.69, 9.17) is 4.74 Å². The Morgan fingerprint density at radius 2 is 2.12 bits per heavy atom. The van der Waals surface area contributed by atoms with E-state index < -0.39 is 6.04 Å². The predicted molar refractivity (Wildman–Crippen MR) is 93.4 cm³/mol. The third-order valence-electron chi connectivity index (χ3n) is 4.34. The van der Waals surface area contributed by atoms with E-state index in [1.807, 2.05) is 31.3 Å². The zero-order chi connectivity index (χ0) is 17.8. The highest BCUT2D eigenvalue weighted by Gasteiger charge is 2.33. The molecule has 1 atom stereocenters. The van der Waals surface area contributed by atoms with Crippen molar-refractivity contribution in [3.8, 4) is 5.75 Å². The number of nitrogens with one attached hydrogen (secondary N) is 1. The van der Waals surface area contributed by atoms with Crippen LogP contribution in [0.25, 0.3) is 0 Å². The van der Waals surface area contributed by atoms with Gasteiger partial charge in [0.1, 0.15) is 11.8 Å². The van der Waals surface area contributed by atoms with Crippen molar-refractivity contribution in [1.82, 2.24) is 15.1 Å². The van der Waals surface area contributed by atoms with E-state index in [1.54, 1.807) is 29.1 Å². The van der Waals surface area contributed by atoms with Crippen LogP contribution in [0.15, 0.2) is 36.7 Å². The normalized spacial score (nSPS) is 17.0. The molecule has 0 saturated carbocycles. The van der Waals surface area contributed by atoms with Crippen LogP contribution in [0.5, 0.6) is 5.75 Å². The van der Waals surface area contributed by atoms with Crippen molar-refractivity contribution in [2.45, 2.75) is 25.3 Å². The van der Waals surface area contributed by atoms with Gasteiger partial charge >= 0.3 is 0 Å². The molecule has 132 valence electrons. The molecule has 1 N–H and O–H groups in total. The molecule has 7 heteroatoms. The maximum Gasteiger partial charge on any atom is 0.249 e. The van der Waals surface area contributed by atoms with Gasteiger partial charge in [-0.1, -0.05) is 12.1 Å². The highest BCUT2D eigenvalue weighted by Crippen LogP contribution is 2.20. The van der Waals surface area contributed by atoms with Gasteiger partial charge in [-0.05, 0) is 30.5 Å². The molecule has 1 aromatic carbocycles. The molecule has 0 spiro atoms. The average Bonchev–Trinajstić information content (AvgIpc) is 3.20. The van der Waals surface area contributed by atoms with Gasteiger partial charge in [0, 0.05) is 26.2 Å². The summed E-state index contributed by atoms with van der Waals surface area (Å²) in [4.78, 5) is 26.3. The number of carbonyl (C=O) groups excluding carboxylic acids is 2. The third kappa shape index (κ3) is 3.99. The molecule has 2 heterocycles. The van der Waals surface area contributed by atoms with Crippen LogP contribution in [-0.4, -0.2) is 41.3 Å². The fourth-order valence-electron chi connectivity index (χ4n) is 2.93. The summed E-state index contributed by atoms with van der Waals surface area (Å²) in [5.41, 5.74) is 1.83. The maximum atomic E-state index is 12.5. The quantitative estimate of drug-likeness (QED) is 0.858. The standard InChI is InChI=1S/C18H22N4O3/c1-21-12-14(11-19-21)22-10-9-16(18(22)24)20-17(23)8-5-13-3-6-15(25-2)7-4-13/h3-4,6-7,11-12,16H,5,8-10H2,1-2H3,(H,20,23). The van der Waals surface area contributed by atoms with Gasteiger partial charge < -0.3 is 15.0 Å². The van der Waals surface area contributed by atoms with Crippen molar-refractivity contribution in [3.63, 3.8) is 0 Å². The van der Waals surface area contributed by atoms with Crippen molar-refractivity contribution >= 4 is 17.5 Å². The van der Waals surface area contributed by atoms with Crippen molar-refractivity contribution in [1.29, 1.82) is 0 Å². The molecule has 1 saturated heterocycles. The molecule has 1 fully saturated rings. The Hall–Kier alpha value is -2.83. The van der Waals surface area contributed by atoms with Gasteiger partial charge in [-0.25, -0.2) is 0 Å². The lowest BCUT2D eigenvalue weighted by Crippen LogP contribution is -2.41. The highest BCUT2D eigenvalue weighted by atomic mass is 16.5. The van der Waals surface area contributed by atoms with Gasteiger partial charge in [-0.15, -0.1) is 0 Å². The molecule has 1 aliphatic heterocycles. The number of methoxy groups -OCH3 is 1. The largest absolute Gasteiger partial charge is 0.497 e. The molecular formula is C18H22N4O3. The van der Waals surface area contributed by atoms with E-state index in [2.05, 4.69) is 10.4 Å². The van der Waals surface area contributed by atoms with E-state index in [0.29, 0.717) is 25.8 Å². The number of ether oxygens (including phenoxy) is 1. The van der Waals surface area contributed by atoms with Crippen LogP contribution in [-0.2, 0) is 23.1 Å². The van der Waals surface area contributed by atoms with E-state index in [9.17, 15) is 9.59 Å². The monoisotopic (exact) mass is 342 g/mol. The zero-order valence-electron chi connectivity index (χ0n) is 14.4. The van der Waals surface area contributed by atoms with Crippen molar-refractivity contribution in [2.24, 2.45) is 7.05 Å². The van der Waals surface area contributed by atoms with E-state index in [-0.39, 0.29) is 11.8 Å². The molecule has 0 aliphatic carbocycles. The van der Waals surface area contributed by atoms with Crippen LogP contribution >= 0.6 is 0 Å². The number of benzene rings is 1. The fraction of sp³-hybridized carbons (Fsp3) is 0.389.